The number of nitrogens with one attached hydrogen (secondary N) is 1. The predicted molar refractivity (Wildman–Crippen MR) is 81.1 cm³/mol. The maximum absolute atomic E-state index is 12.2. The first-order valence-corrected chi connectivity index (χ1v) is 8.27. The number of rotatable bonds is 7. The standard InChI is InChI=1S/C14H20N4O2S/c1-12-4-2-5-13(8-12)9-17-21(19,20)14-10-16-18(11-14)7-3-6-15/h2,4-5,8,10-11,17H,3,6-7,9,15H2,1H3. The first-order chi connectivity index (χ1) is 10.0. The Balaban J connectivity index is 2.02. The summed E-state index contributed by atoms with van der Waals surface area (Å²) in [5, 5.41) is 4.03. The largest absolute Gasteiger partial charge is 0.330 e. The zero-order valence-corrected chi connectivity index (χ0v) is 12.8. The molecule has 0 aliphatic rings. The molecule has 0 saturated carbocycles. The highest BCUT2D eigenvalue weighted by Crippen LogP contribution is 2.09. The summed E-state index contributed by atoms with van der Waals surface area (Å²) >= 11 is 0. The lowest BCUT2D eigenvalue weighted by molar-refractivity contribution is 0.576. The Kier molecular flexibility index (Phi) is 5.11. The van der Waals surface area contributed by atoms with Gasteiger partial charge < -0.3 is 5.73 Å². The third kappa shape index (κ3) is 4.38. The maximum atomic E-state index is 12.2. The second-order valence-electron chi connectivity index (χ2n) is 4.89. The topological polar surface area (TPSA) is 90.0 Å². The fraction of sp³-hybridized carbons (Fsp3) is 0.357. The van der Waals surface area contributed by atoms with Gasteiger partial charge in [0.15, 0.2) is 0 Å². The van der Waals surface area contributed by atoms with Crippen molar-refractivity contribution in [3.63, 3.8) is 0 Å². The summed E-state index contributed by atoms with van der Waals surface area (Å²) in [6.45, 7) is 3.40. The highest BCUT2D eigenvalue weighted by atomic mass is 32.2. The third-order valence-corrected chi connectivity index (χ3v) is 4.42. The van der Waals surface area contributed by atoms with Gasteiger partial charge in [0.25, 0.3) is 0 Å². The normalized spacial score (nSPS) is 11.7. The molecule has 0 aliphatic carbocycles. The molecule has 2 aromatic rings. The molecule has 6 nitrogen and oxygen atoms in total. The molecule has 0 fully saturated rings. The minimum atomic E-state index is -3.54. The molecular formula is C14H20N4O2S. The van der Waals surface area contributed by atoms with Gasteiger partial charge in [-0.25, -0.2) is 13.1 Å². The van der Waals surface area contributed by atoms with Crippen molar-refractivity contribution in [2.75, 3.05) is 6.54 Å². The highest BCUT2D eigenvalue weighted by molar-refractivity contribution is 7.89. The van der Waals surface area contributed by atoms with Crippen LogP contribution in [0, 0.1) is 6.92 Å². The number of hydrogen-bond donors (Lipinski definition) is 2. The van der Waals surface area contributed by atoms with Crippen LogP contribution >= 0.6 is 0 Å². The smallest absolute Gasteiger partial charge is 0.243 e. The van der Waals surface area contributed by atoms with Crippen LogP contribution in [0.1, 0.15) is 17.5 Å². The van der Waals surface area contributed by atoms with Crippen molar-refractivity contribution in [1.29, 1.82) is 0 Å². The molecule has 0 unspecified atom stereocenters. The third-order valence-electron chi connectivity index (χ3n) is 3.06. The van der Waals surface area contributed by atoms with Gasteiger partial charge in [0.05, 0.1) is 6.20 Å². The van der Waals surface area contributed by atoms with Crippen molar-refractivity contribution in [2.45, 2.75) is 31.3 Å². The van der Waals surface area contributed by atoms with E-state index >= 15 is 0 Å². The fourth-order valence-corrected chi connectivity index (χ4v) is 2.91. The first kappa shape index (κ1) is 15.7. The first-order valence-electron chi connectivity index (χ1n) is 6.79. The zero-order valence-electron chi connectivity index (χ0n) is 12.0. The number of nitrogens with zero attached hydrogens (tertiary/aromatic N) is 2. The lowest BCUT2D eigenvalue weighted by atomic mass is 10.1. The van der Waals surface area contributed by atoms with Gasteiger partial charge in [-0.2, -0.15) is 5.10 Å². The van der Waals surface area contributed by atoms with Gasteiger partial charge in [-0.05, 0) is 25.5 Å². The van der Waals surface area contributed by atoms with Crippen LogP contribution < -0.4 is 10.5 Å². The van der Waals surface area contributed by atoms with Gasteiger partial charge in [-0.15, -0.1) is 0 Å². The van der Waals surface area contributed by atoms with E-state index in [9.17, 15) is 8.42 Å². The second-order valence-corrected chi connectivity index (χ2v) is 6.66. The van der Waals surface area contributed by atoms with E-state index in [1.165, 1.54) is 12.4 Å². The van der Waals surface area contributed by atoms with E-state index in [-0.39, 0.29) is 11.4 Å². The Bertz CT molecular complexity index is 695. The second kappa shape index (κ2) is 6.84. The lowest BCUT2D eigenvalue weighted by Gasteiger charge is -2.05. The molecule has 0 amide bonds. The van der Waals surface area contributed by atoms with E-state index in [0.29, 0.717) is 13.1 Å². The summed E-state index contributed by atoms with van der Waals surface area (Å²) in [5.74, 6) is 0. The molecule has 0 radical (unpaired) electrons. The van der Waals surface area contributed by atoms with Gasteiger partial charge in [-0.1, -0.05) is 29.8 Å². The van der Waals surface area contributed by atoms with Crippen LogP contribution in [0.2, 0.25) is 0 Å². The number of benzene rings is 1. The zero-order chi connectivity index (χ0) is 15.3. The molecule has 0 bridgehead atoms. The summed E-state index contributed by atoms with van der Waals surface area (Å²) in [7, 11) is -3.54. The molecule has 3 N–H and O–H groups in total. The molecule has 1 aromatic heterocycles. The average molecular weight is 308 g/mol. The van der Waals surface area contributed by atoms with Gasteiger partial charge >= 0.3 is 0 Å². The molecule has 1 aromatic carbocycles. The summed E-state index contributed by atoms with van der Waals surface area (Å²) in [6, 6.07) is 7.72. The average Bonchev–Trinajstić information content (AvgIpc) is 2.93. The van der Waals surface area contributed by atoms with E-state index in [0.717, 1.165) is 17.5 Å². The maximum Gasteiger partial charge on any atom is 0.243 e. The Morgan fingerprint density at radius 3 is 2.90 bits per heavy atom. The molecule has 1 heterocycles. The monoisotopic (exact) mass is 308 g/mol. The van der Waals surface area contributed by atoms with Gasteiger partial charge in [-0.3, -0.25) is 4.68 Å². The van der Waals surface area contributed by atoms with Crippen LogP contribution in [0.4, 0.5) is 0 Å². The molecule has 114 valence electrons. The summed E-state index contributed by atoms with van der Waals surface area (Å²) < 4.78 is 28.6. The molecule has 21 heavy (non-hydrogen) atoms. The van der Waals surface area contributed by atoms with E-state index < -0.39 is 10.0 Å². The van der Waals surface area contributed by atoms with E-state index in [4.69, 9.17) is 5.73 Å². The van der Waals surface area contributed by atoms with Crippen LogP contribution in [-0.2, 0) is 23.1 Å². The number of hydrogen-bond acceptors (Lipinski definition) is 4. The fourth-order valence-electron chi connectivity index (χ4n) is 1.94. The van der Waals surface area contributed by atoms with Crippen LogP contribution in [0.15, 0.2) is 41.6 Å². The number of sulfonamides is 1. The quantitative estimate of drug-likeness (QED) is 0.799. The van der Waals surface area contributed by atoms with Crippen LogP contribution in [0.25, 0.3) is 0 Å². The molecular weight excluding hydrogens is 288 g/mol. The number of aromatic nitrogens is 2. The lowest BCUT2D eigenvalue weighted by Crippen LogP contribution is -2.23. The minimum absolute atomic E-state index is 0.173. The highest BCUT2D eigenvalue weighted by Gasteiger charge is 2.16. The van der Waals surface area contributed by atoms with Crippen molar-refractivity contribution in [3.8, 4) is 0 Å². The van der Waals surface area contributed by atoms with Crippen LogP contribution in [0.5, 0.6) is 0 Å². The minimum Gasteiger partial charge on any atom is -0.330 e. The Morgan fingerprint density at radius 1 is 1.38 bits per heavy atom. The van der Waals surface area contributed by atoms with Crippen molar-refractivity contribution in [3.05, 3.63) is 47.8 Å². The van der Waals surface area contributed by atoms with Gasteiger partial charge in [0.2, 0.25) is 10.0 Å². The number of nitrogens with two attached hydrogens (primary N) is 1. The van der Waals surface area contributed by atoms with Gasteiger partial charge in [0, 0.05) is 19.3 Å². The van der Waals surface area contributed by atoms with E-state index in [1.807, 2.05) is 31.2 Å². The molecule has 0 aliphatic heterocycles. The van der Waals surface area contributed by atoms with Crippen LogP contribution in [0.3, 0.4) is 0 Å². The summed E-state index contributed by atoms with van der Waals surface area (Å²) in [4.78, 5) is 0.173. The SMILES string of the molecule is Cc1cccc(CNS(=O)(=O)c2cnn(CCCN)c2)c1. The predicted octanol–water partition coefficient (Wildman–Crippen LogP) is 1.02. The Hall–Kier alpha value is -1.70. The van der Waals surface area contributed by atoms with Crippen molar-refractivity contribution < 1.29 is 8.42 Å². The van der Waals surface area contributed by atoms with Crippen molar-refractivity contribution >= 4 is 10.0 Å². The molecule has 0 spiro atoms. The Morgan fingerprint density at radius 2 is 2.19 bits per heavy atom. The van der Waals surface area contributed by atoms with Gasteiger partial charge in [0.1, 0.15) is 4.90 Å². The molecule has 0 saturated heterocycles. The van der Waals surface area contributed by atoms with E-state index in [1.54, 1.807) is 4.68 Å². The molecule has 0 atom stereocenters. The summed E-state index contributed by atoms with van der Waals surface area (Å²) in [5.41, 5.74) is 7.45. The van der Waals surface area contributed by atoms with E-state index in [2.05, 4.69) is 9.82 Å². The summed E-state index contributed by atoms with van der Waals surface area (Å²) in [6.07, 6.45) is 3.64. The molecule has 2 rings (SSSR count). The Labute approximate surface area is 125 Å². The van der Waals surface area contributed by atoms with Crippen molar-refractivity contribution in [2.24, 2.45) is 5.73 Å². The van der Waals surface area contributed by atoms with Crippen molar-refractivity contribution in [1.82, 2.24) is 14.5 Å². The number of aryl methyl sites for hydroxylation is 2. The van der Waals surface area contributed by atoms with Crippen LogP contribution in [-0.4, -0.2) is 24.7 Å². The molecule has 7 heteroatoms.